The summed E-state index contributed by atoms with van der Waals surface area (Å²) < 4.78 is 2.30. The van der Waals surface area contributed by atoms with E-state index in [0.717, 1.165) is 34.3 Å². The number of imidazole rings is 1. The van der Waals surface area contributed by atoms with Crippen LogP contribution in [0.1, 0.15) is 120 Å². The van der Waals surface area contributed by atoms with Crippen LogP contribution in [-0.2, 0) is 16.2 Å². The van der Waals surface area contributed by atoms with E-state index in [0.29, 0.717) is 0 Å². The van der Waals surface area contributed by atoms with Crippen molar-refractivity contribution in [1.82, 2.24) is 14.4 Å². The van der Waals surface area contributed by atoms with E-state index < -0.39 is 0 Å². The zero-order valence-corrected chi connectivity index (χ0v) is 24.7. The molecule has 0 saturated carbocycles. The van der Waals surface area contributed by atoms with Crippen LogP contribution in [-0.4, -0.2) is 14.4 Å². The first-order chi connectivity index (χ1) is 16.4. The molecule has 2 aromatic carbocycles. The predicted octanol–water partition coefficient (Wildman–Crippen LogP) is 9.76. The van der Waals surface area contributed by atoms with Gasteiger partial charge in [0.05, 0.1) is 16.6 Å². The van der Waals surface area contributed by atoms with Crippen LogP contribution in [0.25, 0.3) is 27.6 Å². The van der Waals surface area contributed by atoms with Crippen molar-refractivity contribution in [3.8, 4) is 0 Å². The molecule has 1 aliphatic rings. The van der Waals surface area contributed by atoms with E-state index in [1.54, 1.807) is 0 Å². The Balaban J connectivity index is 0.000000563. The largest absolute Gasteiger partial charge is 0.279 e. The molecule has 1 aliphatic carbocycles. The van der Waals surface area contributed by atoms with E-state index in [4.69, 9.17) is 9.97 Å². The van der Waals surface area contributed by atoms with Crippen LogP contribution in [0.15, 0.2) is 36.4 Å². The van der Waals surface area contributed by atoms with Crippen LogP contribution in [0.3, 0.4) is 0 Å². The molecule has 2 aromatic heterocycles. The maximum absolute atomic E-state index is 5.13. The molecule has 0 amide bonds. The lowest BCUT2D eigenvalue weighted by molar-refractivity contribution is 0.403. The summed E-state index contributed by atoms with van der Waals surface area (Å²) in [7, 11) is 0. The van der Waals surface area contributed by atoms with Crippen LogP contribution >= 0.6 is 0 Å². The molecule has 0 atom stereocenters. The molecule has 3 nitrogen and oxygen atoms in total. The minimum Gasteiger partial charge on any atom is -0.279 e. The second-order valence-electron chi connectivity index (χ2n) is 11.5. The molecule has 192 valence electrons. The third kappa shape index (κ3) is 5.25. The SMILES string of the molecule is CC.CC.CC(C)(C)c1nc2ccccc2c2nc3cc4c(cc3n12)C(C)(C)CC4(C)C.CCC. The Hall–Kier alpha value is -2.42. The van der Waals surface area contributed by atoms with Gasteiger partial charge in [0.15, 0.2) is 0 Å². The quantitative estimate of drug-likeness (QED) is 0.253. The van der Waals surface area contributed by atoms with Gasteiger partial charge in [0.2, 0.25) is 0 Å². The van der Waals surface area contributed by atoms with Gasteiger partial charge in [-0.2, -0.15) is 0 Å². The number of rotatable bonds is 0. The first-order valence-electron chi connectivity index (χ1n) is 13.7. The van der Waals surface area contributed by atoms with Gasteiger partial charge in [-0.25, -0.2) is 9.97 Å². The molecule has 5 rings (SSSR count). The molecule has 2 heterocycles. The Morgan fingerprint density at radius 1 is 0.800 bits per heavy atom. The standard InChI is InChI=1S/C25H29N3.C3H8.2C2H6/c1-23(2,3)22-27-18-11-9-8-10-15(18)21-26-19-12-16-17(13-20(19)28(21)22)25(6,7)14-24(16,4)5;1-3-2;2*1-2/h8-13H,14H2,1-7H3;3H2,1-2H3;2*1-2H3. The summed E-state index contributed by atoms with van der Waals surface area (Å²) in [5.41, 5.74) is 7.47. The number of hydrogen-bond donors (Lipinski definition) is 0. The van der Waals surface area contributed by atoms with Crippen LogP contribution in [0.4, 0.5) is 0 Å². The van der Waals surface area contributed by atoms with Gasteiger partial charge in [0, 0.05) is 10.8 Å². The van der Waals surface area contributed by atoms with Crippen LogP contribution in [0, 0.1) is 0 Å². The molecule has 3 heteroatoms. The number of hydrogen-bond acceptors (Lipinski definition) is 2. The average Bonchev–Trinajstić information content (AvgIpc) is 3.26. The fourth-order valence-corrected chi connectivity index (χ4v) is 5.36. The first-order valence-corrected chi connectivity index (χ1v) is 13.7. The van der Waals surface area contributed by atoms with Crippen LogP contribution in [0.5, 0.6) is 0 Å². The van der Waals surface area contributed by atoms with E-state index in [9.17, 15) is 0 Å². The van der Waals surface area contributed by atoms with Crippen molar-refractivity contribution in [2.45, 2.75) is 119 Å². The van der Waals surface area contributed by atoms with Gasteiger partial charge in [-0.15, -0.1) is 0 Å². The highest BCUT2D eigenvalue weighted by atomic mass is 15.1. The summed E-state index contributed by atoms with van der Waals surface area (Å²) in [4.78, 5) is 10.2. The van der Waals surface area contributed by atoms with Gasteiger partial charge in [-0.3, -0.25) is 4.40 Å². The lowest BCUT2D eigenvalue weighted by Crippen LogP contribution is -2.19. The Morgan fingerprint density at radius 2 is 1.31 bits per heavy atom. The number of aromatic nitrogens is 3. The maximum Gasteiger partial charge on any atom is 0.148 e. The van der Waals surface area contributed by atoms with Crippen LogP contribution < -0.4 is 0 Å². The summed E-state index contributed by atoms with van der Waals surface area (Å²) in [6.45, 7) is 28.4. The molecule has 0 aliphatic heterocycles. The van der Waals surface area contributed by atoms with Crippen molar-refractivity contribution >= 4 is 27.6 Å². The maximum atomic E-state index is 5.13. The molecule has 0 N–H and O–H groups in total. The Labute approximate surface area is 214 Å². The molecule has 35 heavy (non-hydrogen) atoms. The van der Waals surface area contributed by atoms with Crippen molar-refractivity contribution in [3.05, 3.63) is 53.3 Å². The number of fused-ring (bicyclic) bond motifs is 6. The summed E-state index contributed by atoms with van der Waals surface area (Å²) in [5.74, 6) is 1.07. The van der Waals surface area contributed by atoms with Crippen molar-refractivity contribution in [3.63, 3.8) is 0 Å². The second kappa shape index (κ2) is 10.7. The summed E-state index contributed by atoms with van der Waals surface area (Å²) in [6, 6.07) is 13.1. The summed E-state index contributed by atoms with van der Waals surface area (Å²) in [6.07, 6.45) is 2.41. The number of nitrogens with zero attached hydrogens (tertiary/aromatic N) is 3. The second-order valence-corrected chi connectivity index (χ2v) is 11.5. The van der Waals surface area contributed by atoms with E-state index in [1.165, 1.54) is 23.1 Å². The molecule has 0 radical (unpaired) electrons. The normalized spacial score (nSPS) is 15.5. The highest BCUT2D eigenvalue weighted by Crippen LogP contribution is 2.50. The Morgan fingerprint density at radius 3 is 1.86 bits per heavy atom. The molecule has 0 unspecified atom stereocenters. The van der Waals surface area contributed by atoms with E-state index in [2.05, 4.69) is 103 Å². The van der Waals surface area contributed by atoms with Crippen LogP contribution in [0.2, 0.25) is 0 Å². The lowest BCUT2D eigenvalue weighted by atomic mass is 9.82. The molecule has 0 bridgehead atoms. The third-order valence-corrected chi connectivity index (χ3v) is 6.39. The molecular weight excluding hydrogens is 426 g/mol. The predicted molar refractivity (Wildman–Crippen MR) is 156 cm³/mol. The smallest absolute Gasteiger partial charge is 0.148 e. The van der Waals surface area contributed by atoms with Gasteiger partial charge >= 0.3 is 0 Å². The highest BCUT2D eigenvalue weighted by molar-refractivity contribution is 5.97. The molecule has 0 saturated heterocycles. The number of benzene rings is 2. The van der Waals surface area contributed by atoms with Crippen molar-refractivity contribution < 1.29 is 0 Å². The van der Waals surface area contributed by atoms with Crippen molar-refractivity contribution in [2.24, 2.45) is 0 Å². The highest BCUT2D eigenvalue weighted by Gasteiger charge is 2.42. The minimum absolute atomic E-state index is 0.0796. The van der Waals surface area contributed by atoms with E-state index in [1.807, 2.05) is 27.7 Å². The molecule has 0 fully saturated rings. The fraction of sp³-hybridized carbons (Fsp3) is 0.562. The van der Waals surface area contributed by atoms with E-state index in [-0.39, 0.29) is 16.2 Å². The molecular formula is C32H49N3. The molecule has 0 spiro atoms. The van der Waals surface area contributed by atoms with Crippen molar-refractivity contribution in [1.29, 1.82) is 0 Å². The number of para-hydroxylation sites is 1. The first kappa shape index (κ1) is 28.8. The lowest BCUT2D eigenvalue weighted by Gasteiger charge is -2.22. The Bertz CT molecular complexity index is 1280. The molecule has 4 aromatic rings. The Kier molecular flexibility index (Phi) is 8.79. The van der Waals surface area contributed by atoms with Gasteiger partial charge in [0.25, 0.3) is 0 Å². The van der Waals surface area contributed by atoms with Crippen molar-refractivity contribution in [2.75, 3.05) is 0 Å². The zero-order chi connectivity index (χ0) is 26.8. The topological polar surface area (TPSA) is 30.2 Å². The monoisotopic (exact) mass is 475 g/mol. The van der Waals surface area contributed by atoms with E-state index >= 15 is 0 Å². The van der Waals surface area contributed by atoms with Gasteiger partial charge < -0.3 is 0 Å². The van der Waals surface area contributed by atoms with Gasteiger partial charge in [-0.05, 0) is 52.6 Å². The average molecular weight is 476 g/mol. The minimum atomic E-state index is -0.0796. The van der Waals surface area contributed by atoms with Gasteiger partial charge in [-0.1, -0.05) is 109 Å². The third-order valence-electron chi connectivity index (χ3n) is 6.39. The fourth-order valence-electron chi connectivity index (χ4n) is 5.36. The summed E-state index contributed by atoms with van der Waals surface area (Å²) >= 11 is 0. The zero-order valence-electron chi connectivity index (χ0n) is 24.7. The van der Waals surface area contributed by atoms with Gasteiger partial charge in [0.1, 0.15) is 11.5 Å². The summed E-state index contributed by atoms with van der Waals surface area (Å²) in [5, 5.41) is 1.12.